The summed E-state index contributed by atoms with van der Waals surface area (Å²) in [5.74, 6) is -0.0767. The molecule has 0 fully saturated rings. The van der Waals surface area contributed by atoms with E-state index in [-0.39, 0.29) is 30.0 Å². The van der Waals surface area contributed by atoms with Crippen LogP contribution in [0.25, 0.3) is 0 Å². The first kappa shape index (κ1) is 12.5. The van der Waals surface area contributed by atoms with Gasteiger partial charge in [-0.15, -0.1) is 0 Å². The SMILES string of the molecule is C[C@@H]1CC(=O)Nc2ccccc2N1C(=O)c1ccco1. The molecule has 20 heavy (non-hydrogen) atoms. The van der Waals surface area contributed by atoms with Crippen LogP contribution in [0.4, 0.5) is 11.4 Å². The fraction of sp³-hybridized carbons (Fsp3) is 0.200. The lowest BCUT2D eigenvalue weighted by Crippen LogP contribution is -2.38. The highest BCUT2D eigenvalue weighted by Gasteiger charge is 2.31. The predicted molar refractivity (Wildman–Crippen MR) is 74.7 cm³/mol. The Morgan fingerprint density at radius 2 is 2.10 bits per heavy atom. The van der Waals surface area contributed by atoms with E-state index >= 15 is 0 Å². The number of benzene rings is 1. The van der Waals surface area contributed by atoms with E-state index in [4.69, 9.17) is 4.42 Å². The lowest BCUT2D eigenvalue weighted by Gasteiger charge is -2.26. The Kier molecular flexibility index (Phi) is 3.02. The average molecular weight is 270 g/mol. The molecule has 1 aromatic carbocycles. The third kappa shape index (κ3) is 2.07. The predicted octanol–water partition coefficient (Wildman–Crippen LogP) is 2.66. The van der Waals surface area contributed by atoms with Crippen LogP contribution in [-0.4, -0.2) is 17.9 Å². The minimum atomic E-state index is -0.244. The first-order chi connectivity index (χ1) is 9.66. The number of hydrogen-bond donors (Lipinski definition) is 1. The highest BCUT2D eigenvalue weighted by Crippen LogP contribution is 2.32. The van der Waals surface area contributed by atoms with Crippen molar-refractivity contribution in [3.05, 3.63) is 48.4 Å². The molecule has 0 saturated carbocycles. The quantitative estimate of drug-likeness (QED) is 0.866. The lowest BCUT2D eigenvalue weighted by molar-refractivity contribution is -0.116. The third-order valence-electron chi connectivity index (χ3n) is 3.31. The van der Waals surface area contributed by atoms with Crippen molar-refractivity contribution >= 4 is 23.2 Å². The summed E-state index contributed by atoms with van der Waals surface area (Å²) in [7, 11) is 0. The van der Waals surface area contributed by atoms with E-state index in [9.17, 15) is 9.59 Å². The largest absolute Gasteiger partial charge is 0.459 e. The number of carbonyl (C=O) groups is 2. The molecule has 102 valence electrons. The molecular formula is C15H14N2O3. The minimum Gasteiger partial charge on any atom is -0.459 e. The summed E-state index contributed by atoms with van der Waals surface area (Å²) in [5, 5.41) is 2.82. The lowest BCUT2D eigenvalue weighted by atomic mass is 10.1. The van der Waals surface area contributed by atoms with Gasteiger partial charge in [0.25, 0.3) is 5.91 Å². The van der Waals surface area contributed by atoms with E-state index in [2.05, 4.69) is 5.32 Å². The van der Waals surface area contributed by atoms with Gasteiger partial charge >= 0.3 is 0 Å². The van der Waals surface area contributed by atoms with Crippen LogP contribution in [0.2, 0.25) is 0 Å². The molecular weight excluding hydrogens is 256 g/mol. The zero-order valence-corrected chi connectivity index (χ0v) is 11.0. The number of anilines is 2. The highest BCUT2D eigenvalue weighted by molar-refractivity contribution is 6.09. The van der Waals surface area contributed by atoms with Crippen LogP contribution in [0.3, 0.4) is 0 Å². The van der Waals surface area contributed by atoms with E-state index < -0.39 is 0 Å². The Hall–Kier alpha value is -2.56. The van der Waals surface area contributed by atoms with Crippen LogP contribution in [-0.2, 0) is 4.79 Å². The third-order valence-corrected chi connectivity index (χ3v) is 3.31. The molecule has 0 spiro atoms. The van der Waals surface area contributed by atoms with Crippen LogP contribution in [0.1, 0.15) is 23.9 Å². The Balaban J connectivity index is 2.08. The molecule has 0 aliphatic carbocycles. The fourth-order valence-corrected chi connectivity index (χ4v) is 2.42. The number of para-hydroxylation sites is 2. The number of furan rings is 1. The second kappa shape index (κ2) is 4.85. The first-order valence-electron chi connectivity index (χ1n) is 6.43. The van der Waals surface area contributed by atoms with Crippen molar-refractivity contribution in [3.8, 4) is 0 Å². The molecule has 3 rings (SSSR count). The number of nitrogens with one attached hydrogen (secondary N) is 1. The van der Waals surface area contributed by atoms with E-state index in [0.29, 0.717) is 11.4 Å². The van der Waals surface area contributed by atoms with Gasteiger partial charge in [0.2, 0.25) is 5.91 Å². The topological polar surface area (TPSA) is 62.6 Å². The van der Waals surface area contributed by atoms with Gasteiger partial charge < -0.3 is 14.6 Å². The van der Waals surface area contributed by atoms with Crippen LogP contribution in [0, 0.1) is 0 Å². The zero-order valence-electron chi connectivity index (χ0n) is 11.0. The van der Waals surface area contributed by atoms with Crippen molar-refractivity contribution in [3.63, 3.8) is 0 Å². The molecule has 1 aromatic heterocycles. The van der Waals surface area contributed by atoms with Gasteiger partial charge in [-0.05, 0) is 31.2 Å². The number of hydrogen-bond acceptors (Lipinski definition) is 3. The van der Waals surface area contributed by atoms with E-state index in [1.165, 1.54) is 6.26 Å². The van der Waals surface area contributed by atoms with Gasteiger partial charge in [-0.2, -0.15) is 0 Å². The summed E-state index contributed by atoms with van der Waals surface area (Å²) in [6.07, 6.45) is 1.71. The van der Waals surface area contributed by atoms with Gasteiger partial charge in [0.15, 0.2) is 5.76 Å². The number of rotatable bonds is 1. The molecule has 1 atom stereocenters. The Morgan fingerprint density at radius 1 is 1.30 bits per heavy atom. The first-order valence-corrected chi connectivity index (χ1v) is 6.43. The van der Waals surface area contributed by atoms with Gasteiger partial charge in [0.05, 0.1) is 17.6 Å². The maximum atomic E-state index is 12.6. The normalized spacial score (nSPS) is 18.1. The molecule has 0 saturated heterocycles. The van der Waals surface area contributed by atoms with Crippen LogP contribution >= 0.6 is 0 Å². The van der Waals surface area contributed by atoms with Gasteiger partial charge in [-0.25, -0.2) is 0 Å². The molecule has 5 heteroatoms. The Morgan fingerprint density at radius 3 is 2.85 bits per heavy atom. The van der Waals surface area contributed by atoms with Crippen LogP contribution < -0.4 is 10.2 Å². The second-order valence-corrected chi connectivity index (χ2v) is 4.77. The van der Waals surface area contributed by atoms with Crippen LogP contribution in [0.5, 0.6) is 0 Å². The molecule has 2 heterocycles. The molecule has 0 bridgehead atoms. The molecule has 1 N–H and O–H groups in total. The number of carbonyl (C=O) groups excluding carboxylic acids is 2. The van der Waals surface area contributed by atoms with Gasteiger partial charge in [-0.1, -0.05) is 12.1 Å². The second-order valence-electron chi connectivity index (χ2n) is 4.77. The molecule has 5 nitrogen and oxygen atoms in total. The van der Waals surface area contributed by atoms with Gasteiger partial charge in [-0.3, -0.25) is 9.59 Å². The van der Waals surface area contributed by atoms with Crippen molar-refractivity contribution in [2.45, 2.75) is 19.4 Å². The summed E-state index contributed by atoms with van der Waals surface area (Å²) in [6.45, 7) is 1.85. The van der Waals surface area contributed by atoms with E-state index in [1.807, 2.05) is 25.1 Å². The molecule has 0 radical (unpaired) electrons. The van der Waals surface area contributed by atoms with Gasteiger partial charge in [0, 0.05) is 12.5 Å². The number of nitrogens with zero attached hydrogens (tertiary/aromatic N) is 1. The molecule has 1 aliphatic heterocycles. The van der Waals surface area contributed by atoms with Gasteiger partial charge in [0.1, 0.15) is 0 Å². The minimum absolute atomic E-state index is 0.0975. The molecule has 0 unspecified atom stereocenters. The number of amides is 2. The van der Waals surface area contributed by atoms with Crippen LogP contribution in [0.15, 0.2) is 47.1 Å². The maximum absolute atomic E-state index is 12.6. The monoisotopic (exact) mass is 270 g/mol. The standard InChI is InChI=1S/C15H14N2O3/c1-10-9-14(18)16-11-5-2-3-6-12(11)17(10)15(19)13-7-4-8-20-13/h2-8,10H,9H2,1H3,(H,16,18)/t10-/m1/s1. The summed E-state index contributed by atoms with van der Waals surface area (Å²) < 4.78 is 5.18. The summed E-state index contributed by atoms with van der Waals surface area (Å²) in [6, 6.07) is 10.3. The highest BCUT2D eigenvalue weighted by atomic mass is 16.3. The van der Waals surface area contributed by atoms with E-state index in [1.54, 1.807) is 23.1 Å². The summed E-state index contributed by atoms with van der Waals surface area (Å²) >= 11 is 0. The number of fused-ring (bicyclic) bond motifs is 1. The summed E-state index contributed by atoms with van der Waals surface area (Å²) in [4.78, 5) is 26.0. The molecule has 2 aromatic rings. The maximum Gasteiger partial charge on any atom is 0.294 e. The summed E-state index contributed by atoms with van der Waals surface area (Å²) in [5.41, 5.74) is 1.33. The zero-order chi connectivity index (χ0) is 14.1. The van der Waals surface area contributed by atoms with Crippen molar-refractivity contribution < 1.29 is 14.0 Å². The Labute approximate surface area is 116 Å². The van der Waals surface area contributed by atoms with Crippen molar-refractivity contribution in [2.75, 3.05) is 10.2 Å². The smallest absolute Gasteiger partial charge is 0.294 e. The van der Waals surface area contributed by atoms with Crippen molar-refractivity contribution in [1.82, 2.24) is 0 Å². The van der Waals surface area contributed by atoms with Crippen molar-refractivity contribution in [1.29, 1.82) is 0 Å². The molecule has 1 aliphatic rings. The Bertz CT molecular complexity index is 649. The van der Waals surface area contributed by atoms with Crippen molar-refractivity contribution in [2.24, 2.45) is 0 Å². The average Bonchev–Trinajstić information content (AvgIpc) is 2.90. The fourth-order valence-electron chi connectivity index (χ4n) is 2.42. The molecule has 2 amide bonds. The van der Waals surface area contributed by atoms with E-state index in [0.717, 1.165) is 0 Å².